The number of benzene rings is 2. The molecule has 0 radical (unpaired) electrons. The molecule has 5 rings (SSSR count). The number of aliphatic hydroxyl groups is 1. The van der Waals surface area contributed by atoms with E-state index in [1.54, 1.807) is 18.8 Å². The van der Waals surface area contributed by atoms with E-state index in [2.05, 4.69) is 20.2 Å². The molecule has 176 valence electrons. The average molecular weight is 479 g/mol. The monoisotopic (exact) mass is 478 g/mol. The molecule has 9 heteroatoms. The predicted molar refractivity (Wildman–Crippen MR) is 132 cm³/mol. The molecule has 1 aliphatic rings. The van der Waals surface area contributed by atoms with Gasteiger partial charge < -0.3 is 19.5 Å². The summed E-state index contributed by atoms with van der Waals surface area (Å²) in [7, 11) is 1.62. The third-order valence-corrected chi connectivity index (χ3v) is 6.95. The molecule has 1 saturated heterocycles. The fraction of sp³-hybridized carbons (Fsp3) is 0.320. The Bertz CT molecular complexity index is 1300. The summed E-state index contributed by atoms with van der Waals surface area (Å²) in [6.45, 7) is 1.99. The van der Waals surface area contributed by atoms with Crippen molar-refractivity contribution in [2.45, 2.75) is 25.0 Å². The second-order valence-electron chi connectivity index (χ2n) is 8.36. The lowest BCUT2D eigenvalue weighted by atomic mass is 10.0. The van der Waals surface area contributed by atoms with E-state index in [-0.39, 0.29) is 6.10 Å². The van der Waals surface area contributed by atoms with Gasteiger partial charge in [-0.05, 0) is 60.9 Å². The zero-order valence-electron chi connectivity index (χ0n) is 18.8. The fourth-order valence-electron chi connectivity index (χ4n) is 4.35. The Hall–Kier alpha value is -3.27. The minimum atomic E-state index is -0.653. The number of aromatic nitrogens is 2. The molecule has 0 aliphatic carbocycles. The molecular weight excluding hydrogens is 452 g/mol. The topological polar surface area (TPSA) is 96.8 Å². The number of amides is 1. The number of carbonyl (C=O) groups is 1. The van der Waals surface area contributed by atoms with Crippen LogP contribution in [0.3, 0.4) is 0 Å². The number of pyridine rings is 1. The van der Waals surface area contributed by atoms with E-state index in [1.165, 1.54) is 11.3 Å². The van der Waals surface area contributed by atoms with E-state index in [0.717, 1.165) is 58.4 Å². The average Bonchev–Trinajstić information content (AvgIpc) is 3.32. The summed E-state index contributed by atoms with van der Waals surface area (Å²) >= 11 is 1.53. The zero-order valence-corrected chi connectivity index (χ0v) is 19.6. The van der Waals surface area contributed by atoms with E-state index in [9.17, 15) is 9.90 Å². The number of nitrogens with one attached hydrogen (secondary N) is 1. The van der Waals surface area contributed by atoms with E-state index >= 15 is 0 Å². The molecule has 1 fully saturated rings. The highest BCUT2D eigenvalue weighted by molar-refractivity contribution is 7.16. The Balaban J connectivity index is 1.14. The van der Waals surface area contributed by atoms with Crippen molar-refractivity contribution in [3.05, 3.63) is 59.7 Å². The molecule has 4 aromatic rings. The number of rotatable bonds is 6. The number of nitrogens with zero attached hydrogens (tertiary/aromatic N) is 3. The lowest BCUT2D eigenvalue weighted by molar-refractivity contribution is 0.0391. The van der Waals surface area contributed by atoms with Crippen LogP contribution in [0.15, 0.2) is 54.2 Å². The molecule has 1 aliphatic heterocycles. The summed E-state index contributed by atoms with van der Waals surface area (Å²) in [5.41, 5.74) is 5.05. The Kier molecular flexibility index (Phi) is 6.57. The molecule has 2 aromatic carbocycles. The summed E-state index contributed by atoms with van der Waals surface area (Å²) in [6, 6.07) is 13.1. The lowest BCUT2D eigenvalue weighted by Crippen LogP contribution is -2.40. The first-order chi connectivity index (χ1) is 16.6. The maximum atomic E-state index is 12.4. The van der Waals surface area contributed by atoms with E-state index in [1.807, 2.05) is 42.5 Å². The fourth-order valence-corrected chi connectivity index (χ4v) is 5.06. The molecule has 1 unspecified atom stereocenters. The number of methoxy groups -OCH3 is 1. The van der Waals surface area contributed by atoms with Crippen LogP contribution in [0, 0.1) is 0 Å². The smallest absolute Gasteiger partial charge is 0.411 e. The minimum Gasteiger partial charge on any atom is -0.497 e. The second-order valence-corrected chi connectivity index (χ2v) is 9.25. The number of fused-ring (bicyclic) bond motifs is 2. The van der Waals surface area contributed by atoms with Crippen LogP contribution in [0.25, 0.3) is 21.1 Å². The van der Waals surface area contributed by atoms with Gasteiger partial charge in [-0.2, -0.15) is 0 Å². The number of likely N-dealkylation sites (tertiary alicyclic amines) is 1. The van der Waals surface area contributed by atoms with Gasteiger partial charge in [-0.15, -0.1) is 11.3 Å². The van der Waals surface area contributed by atoms with Gasteiger partial charge in [0.05, 0.1) is 34.5 Å². The number of β-amino-alcohol motifs (C(OH)–C–C–N with tert-alkyl or cyclic N) is 1. The maximum absolute atomic E-state index is 12.4. The largest absolute Gasteiger partial charge is 0.497 e. The molecule has 0 bridgehead atoms. The number of hydrogen-bond acceptors (Lipinski definition) is 8. The highest BCUT2D eigenvalue weighted by atomic mass is 32.1. The first-order valence-electron chi connectivity index (χ1n) is 11.2. The normalized spacial score (nSPS) is 15.9. The molecule has 34 heavy (non-hydrogen) atoms. The molecule has 0 spiro atoms. The molecule has 0 saturated carbocycles. The van der Waals surface area contributed by atoms with E-state index < -0.39 is 12.2 Å². The van der Waals surface area contributed by atoms with Crippen molar-refractivity contribution in [3.8, 4) is 5.75 Å². The number of piperidine rings is 1. The summed E-state index contributed by atoms with van der Waals surface area (Å²) in [6.07, 6.45) is 1.92. The van der Waals surface area contributed by atoms with Crippen molar-refractivity contribution in [2.75, 3.05) is 32.1 Å². The minimum absolute atomic E-state index is 0.147. The number of anilines is 1. The number of carbonyl (C=O) groups excluding carboxylic acids is 1. The van der Waals surface area contributed by atoms with Gasteiger partial charge in [-0.1, -0.05) is 0 Å². The standard InChI is InChI=1S/C25H26N4O4S/c1-32-18-3-5-21-20(13-18)19(6-9-26-21)23(30)14-29-10-7-17(8-11-29)33-25(31)28-16-2-4-22-24(12-16)34-15-27-22/h2-6,9,12-13,15,17,23,30H,7-8,10-11,14H2,1H3,(H,28,31). The van der Waals surface area contributed by atoms with E-state index in [0.29, 0.717) is 12.2 Å². The number of ether oxygens (including phenoxy) is 2. The molecule has 3 heterocycles. The van der Waals surface area contributed by atoms with Gasteiger partial charge in [-0.3, -0.25) is 10.3 Å². The number of aliphatic hydroxyl groups excluding tert-OH is 1. The zero-order chi connectivity index (χ0) is 23.5. The third kappa shape index (κ3) is 4.96. The molecule has 2 N–H and O–H groups in total. The van der Waals surface area contributed by atoms with Gasteiger partial charge >= 0.3 is 6.09 Å². The van der Waals surface area contributed by atoms with Gasteiger partial charge in [0.25, 0.3) is 0 Å². The van der Waals surface area contributed by atoms with Crippen molar-refractivity contribution in [3.63, 3.8) is 0 Å². The van der Waals surface area contributed by atoms with Crippen LogP contribution in [-0.4, -0.2) is 58.9 Å². The first kappa shape index (κ1) is 22.5. The Labute approximate surface area is 201 Å². The van der Waals surface area contributed by atoms with E-state index in [4.69, 9.17) is 9.47 Å². The SMILES string of the molecule is COc1ccc2nccc(C(O)CN3CCC(OC(=O)Nc4ccc5ncsc5c4)CC3)c2c1. The first-order valence-corrected chi connectivity index (χ1v) is 12.1. The van der Waals surface area contributed by atoms with Gasteiger partial charge in [-0.25, -0.2) is 9.78 Å². The molecular formula is C25H26N4O4S. The van der Waals surface area contributed by atoms with Crippen LogP contribution >= 0.6 is 11.3 Å². The lowest BCUT2D eigenvalue weighted by Gasteiger charge is -2.33. The third-order valence-electron chi connectivity index (χ3n) is 6.16. The highest BCUT2D eigenvalue weighted by Gasteiger charge is 2.25. The van der Waals surface area contributed by atoms with Crippen molar-refractivity contribution >= 4 is 44.2 Å². The summed E-state index contributed by atoms with van der Waals surface area (Å²) in [4.78, 5) is 23.2. The predicted octanol–water partition coefficient (Wildman–Crippen LogP) is 4.60. The molecule has 1 atom stereocenters. The van der Waals surface area contributed by atoms with Crippen LogP contribution in [0.1, 0.15) is 24.5 Å². The van der Waals surface area contributed by atoms with Crippen molar-refractivity contribution in [1.29, 1.82) is 0 Å². The quantitative estimate of drug-likeness (QED) is 0.418. The Morgan fingerprint density at radius 1 is 1.18 bits per heavy atom. The van der Waals surface area contributed by atoms with Crippen LogP contribution in [0.4, 0.5) is 10.5 Å². The van der Waals surface area contributed by atoms with Gasteiger partial charge in [0.1, 0.15) is 11.9 Å². The summed E-state index contributed by atoms with van der Waals surface area (Å²) in [5, 5.41) is 14.7. The summed E-state index contributed by atoms with van der Waals surface area (Å²) in [5.74, 6) is 0.733. The van der Waals surface area contributed by atoms with Gasteiger partial charge in [0, 0.05) is 36.9 Å². The van der Waals surface area contributed by atoms with Gasteiger partial charge in [0.2, 0.25) is 0 Å². The van der Waals surface area contributed by atoms with Crippen molar-refractivity contribution in [1.82, 2.24) is 14.9 Å². The Morgan fingerprint density at radius 2 is 2.00 bits per heavy atom. The van der Waals surface area contributed by atoms with Crippen LogP contribution in [0.5, 0.6) is 5.75 Å². The van der Waals surface area contributed by atoms with Crippen molar-refractivity contribution in [2.24, 2.45) is 0 Å². The Morgan fingerprint density at radius 3 is 2.82 bits per heavy atom. The number of thiazole rings is 1. The van der Waals surface area contributed by atoms with Crippen LogP contribution in [0.2, 0.25) is 0 Å². The second kappa shape index (κ2) is 9.92. The van der Waals surface area contributed by atoms with Gasteiger partial charge in [0.15, 0.2) is 0 Å². The van der Waals surface area contributed by atoms with Crippen molar-refractivity contribution < 1.29 is 19.4 Å². The number of hydrogen-bond donors (Lipinski definition) is 2. The summed E-state index contributed by atoms with van der Waals surface area (Å²) < 4.78 is 12.0. The highest BCUT2D eigenvalue weighted by Crippen LogP contribution is 2.28. The maximum Gasteiger partial charge on any atom is 0.411 e. The molecule has 8 nitrogen and oxygen atoms in total. The van der Waals surface area contributed by atoms with Crippen LogP contribution < -0.4 is 10.1 Å². The molecule has 2 aromatic heterocycles. The molecule has 1 amide bonds. The van der Waals surface area contributed by atoms with Crippen LogP contribution in [-0.2, 0) is 4.74 Å².